The molecule has 2 aromatic carbocycles. The first kappa shape index (κ1) is 30.6. The summed E-state index contributed by atoms with van der Waals surface area (Å²) < 4.78 is 25.0. The van der Waals surface area contributed by atoms with Crippen LogP contribution in [0.4, 0.5) is 0 Å². The van der Waals surface area contributed by atoms with E-state index < -0.39 is 13.0 Å². The van der Waals surface area contributed by atoms with Gasteiger partial charge in [0, 0.05) is 13.2 Å². The van der Waals surface area contributed by atoms with Crippen molar-refractivity contribution >= 4 is 13.5 Å². The molecule has 0 heterocycles. The fourth-order valence-electron chi connectivity index (χ4n) is 5.28. The minimum atomic E-state index is -3.17. The van der Waals surface area contributed by atoms with E-state index in [1.54, 1.807) is 0 Å². The number of aliphatic hydroxyl groups is 1. The number of carbonyl (C=O) groups excluding carboxylic acids is 1. The number of hydrogen-bond acceptors (Lipinski definition) is 5. The van der Waals surface area contributed by atoms with Gasteiger partial charge in [0.25, 0.3) is 0 Å². The maximum atomic E-state index is 14.0. The summed E-state index contributed by atoms with van der Waals surface area (Å²) in [4.78, 5) is 14.0. The van der Waals surface area contributed by atoms with Crippen LogP contribution in [-0.4, -0.2) is 43.5 Å². The van der Waals surface area contributed by atoms with Crippen LogP contribution >= 0.6 is 7.60 Å². The first-order valence-electron chi connectivity index (χ1n) is 14.5. The highest BCUT2D eigenvalue weighted by Crippen LogP contribution is 2.53. The van der Waals surface area contributed by atoms with Gasteiger partial charge in [0.05, 0.1) is 19.4 Å². The van der Waals surface area contributed by atoms with Crippen LogP contribution in [0.3, 0.4) is 0 Å². The lowest BCUT2D eigenvalue weighted by Gasteiger charge is -2.31. The summed E-state index contributed by atoms with van der Waals surface area (Å²) >= 11 is 0. The maximum absolute atomic E-state index is 14.0. The predicted octanol–water partition coefficient (Wildman–Crippen LogP) is 7.23. The van der Waals surface area contributed by atoms with E-state index in [9.17, 15) is 9.36 Å². The van der Waals surface area contributed by atoms with Gasteiger partial charge in [0.15, 0.2) is 0 Å². The van der Waals surface area contributed by atoms with Crippen molar-refractivity contribution < 1.29 is 23.5 Å². The molecule has 38 heavy (non-hydrogen) atoms. The molecule has 3 rings (SSSR count). The van der Waals surface area contributed by atoms with Crippen LogP contribution in [0.2, 0.25) is 0 Å². The lowest BCUT2D eigenvalue weighted by atomic mass is 9.73. The second-order valence-electron chi connectivity index (χ2n) is 10.2. The van der Waals surface area contributed by atoms with Gasteiger partial charge in [-0.3, -0.25) is 9.36 Å². The number of carbonyl (C=O) groups is 1. The molecule has 0 aromatic heterocycles. The second-order valence-corrected chi connectivity index (χ2v) is 12.4. The summed E-state index contributed by atoms with van der Waals surface area (Å²) in [5.41, 5.74) is 3.50. The lowest BCUT2D eigenvalue weighted by Crippen LogP contribution is -2.44. The summed E-state index contributed by atoms with van der Waals surface area (Å²) in [5, 5.41) is 12.3. The van der Waals surface area contributed by atoms with Crippen LogP contribution in [0.15, 0.2) is 48.5 Å². The van der Waals surface area contributed by atoms with Gasteiger partial charge in [-0.2, -0.15) is 0 Å². The second kappa shape index (κ2) is 15.6. The minimum absolute atomic E-state index is 0.0143. The van der Waals surface area contributed by atoms with Gasteiger partial charge in [-0.1, -0.05) is 81.6 Å². The van der Waals surface area contributed by atoms with Crippen LogP contribution in [0, 0.1) is 0 Å². The van der Waals surface area contributed by atoms with Gasteiger partial charge in [-0.05, 0) is 67.2 Å². The molecule has 0 radical (unpaired) electrons. The van der Waals surface area contributed by atoms with Crippen molar-refractivity contribution in [1.82, 2.24) is 5.32 Å². The summed E-state index contributed by atoms with van der Waals surface area (Å²) in [6.07, 6.45) is 8.48. The summed E-state index contributed by atoms with van der Waals surface area (Å²) in [5.74, 6) is 0.0143. The molecule has 0 saturated heterocycles. The smallest absolute Gasteiger partial charge is 0.330 e. The molecular weight excluding hydrogens is 497 g/mol. The Morgan fingerprint density at radius 3 is 1.95 bits per heavy atom. The number of amides is 1. The Kier molecular flexibility index (Phi) is 12.5. The monoisotopic (exact) mass is 543 g/mol. The van der Waals surface area contributed by atoms with Crippen molar-refractivity contribution in [2.45, 2.75) is 83.5 Å². The molecule has 0 aliphatic heterocycles. The van der Waals surface area contributed by atoms with E-state index in [1.807, 2.05) is 24.3 Å². The SMILES string of the molecule is CCCCOP(=O)(CCCCC1(C(=O)NCCCCCO)c2ccccc2-c2ccccc21)OCCCC. The molecule has 2 aromatic rings. The minimum Gasteiger partial charge on any atom is -0.396 e. The Hall–Kier alpha value is -1.98. The van der Waals surface area contributed by atoms with Gasteiger partial charge in [-0.25, -0.2) is 0 Å². The molecule has 210 valence electrons. The summed E-state index contributed by atoms with van der Waals surface area (Å²) in [6.45, 7) is 5.82. The van der Waals surface area contributed by atoms with Crippen molar-refractivity contribution in [3.05, 3.63) is 59.7 Å². The van der Waals surface area contributed by atoms with Crippen LogP contribution in [0.5, 0.6) is 0 Å². The van der Waals surface area contributed by atoms with E-state index in [2.05, 4.69) is 43.4 Å². The van der Waals surface area contributed by atoms with Gasteiger partial charge < -0.3 is 19.5 Å². The number of nitrogens with one attached hydrogen (secondary N) is 1. The quantitative estimate of drug-likeness (QED) is 0.144. The van der Waals surface area contributed by atoms with Crippen molar-refractivity contribution in [1.29, 1.82) is 0 Å². The molecule has 6 nitrogen and oxygen atoms in total. The number of unbranched alkanes of at least 4 members (excludes halogenated alkanes) is 5. The zero-order valence-electron chi connectivity index (χ0n) is 23.3. The van der Waals surface area contributed by atoms with Gasteiger partial charge in [-0.15, -0.1) is 0 Å². The highest BCUT2D eigenvalue weighted by Gasteiger charge is 2.48. The van der Waals surface area contributed by atoms with E-state index in [-0.39, 0.29) is 12.5 Å². The zero-order chi connectivity index (χ0) is 27.3. The third-order valence-corrected chi connectivity index (χ3v) is 9.39. The predicted molar refractivity (Wildman–Crippen MR) is 155 cm³/mol. The van der Waals surface area contributed by atoms with Crippen LogP contribution < -0.4 is 5.32 Å². The molecule has 1 aliphatic rings. The first-order chi connectivity index (χ1) is 18.5. The number of hydrogen-bond donors (Lipinski definition) is 2. The Labute approximate surface area is 229 Å². The fourth-order valence-corrected chi connectivity index (χ4v) is 7.04. The zero-order valence-corrected chi connectivity index (χ0v) is 24.1. The molecule has 0 unspecified atom stereocenters. The van der Waals surface area contributed by atoms with Crippen molar-refractivity contribution in [3.8, 4) is 11.1 Å². The molecule has 2 N–H and O–H groups in total. The van der Waals surface area contributed by atoms with E-state index in [4.69, 9.17) is 14.2 Å². The van der Waals surface area contributed by atoms with E-state index in [1.165, 1.54) is 0 Å². The molecule has 1 aliphatic carbocycles. The molecule has 0 bridgehead atoms. The summed E-state index contributed by atoms with van der Waals surface area (Å²) in [7, 11) is -3.17. The fraction of sp³-hybridized carbons (Fsp3) is 0.581. The number of benzene rings is 2. The van der Waals surface area contributed by atoms with E-state index in [0.29, 0.717) is 38.8 Å². The lowest BCUT2D eigenvalue weighted by molar-refractivity contribution is -0.125. The average Bonchev–Trinajstić information content (AvgIpc) is 3.22. The third kappa shape index (κ3) is 7.57. The average molecular weight is 544 g/mol. The Bertz CT molecular complexity index is 997. The highest BCUT2D eigenvalue weighted by atomic mass is 31.2. The number of fused-ring (bicyclic) bond motifs is 3. The normalized spacial score (nSPS) is 13.8. The standard InChI is InChI=1S/C31H46NO5P/c1-3-5-23-36-38(35,37-24-6-4-2)25-15-12-20-31(30(34)32-21-13-7-14-22-33)28-18-10-8-16-26(28)27-17-9-11-19-29(27)31/h8-11,16-19,33H,3-7,12-15,20-25H2,1-2H3,(H,32,34). The largest absolute Gasteiger partial charge is 0.396 e. The van der Waals surface area contributed by atoms with Crippen molar-refractivity contribution in [2.75, 3.05) is 32.5 Å². The molecule has 0 fully saturated rings. The van der Waals surface area contributed by atoms with Gasteiger partial charge in [0.2, 0.25) is 5.91 Å². The summed E-state index contributed by atoms with van der Waals surface area (Å²) in [6, 6.07) is 16.4. The maximum Gasteiger partial charge on any atom is 0.330 e. The van der Waals surface area contributed by atoms with E-state index >= 15 is 0 Å². The number of rotatable bonds is 19. The van der Waals surface area contributed by atoms with E-state index in [0.717, 1.165) is 73.6 Å². The molecule has 1 amide bonds. The molecule has 0 saturated carbocycles. The molecule has 7 heteroatoms. The topological polar surface area (TPSA) is 84.9 Å². The van der Waals surface area contributed by atoms with Gasteiger partial charge in [0.1, 0.15) is 5.41 Å². The van der Waals surface area contributed by atoms with Crippen LogP contribution in [-0.2, 0) is 23.8 Å². The van der Waals surface area contributed by atoms with Crippen LogP contribution in [0.1, 0.15) is 89.2 Å². The molecule has 0 atom stereocenters. The van der Waals surface area contributed by atoms with Crippen molar-refractivity contribution in [3.63, 3.8) is 0 Å². The number of aliphatic hydroxyl groups excluding tert-OH is 1. The van der Waals surface area contributed by atoms with Crippen LogP contribution in [0.25, 0.3) is 11.1 Å². The highest BCUT2D eigenvalue weighted by molar-refractivity contribution is 7.53. The van der Waals surface area contributed by atoms with Crippen molar-refractivity contribution in [2.24, 2.45) is 0 Å². The molecule has 0 spiro atoms. The first-order valence-corrected chi connectivity index (χ1v) is 16.2. The molecular formula is C31H46NO5P. The third-order valence-electron chi connectivity index (χ3n) is 7.38. The van der Waals surface area contributed by atoms with Gasteiger partial charge >= 0.3 is 7.60 Å². The Morgan fingerprint density at radius 2 is 1.39 bits per heavy atom. The Morgan fingerprint density at radius 1 is 0.816 bits per heavy atom. The Balaban J connectivity index is 1.78.